The van der Waals surface area contributed by atoms with Gasteiger partial charge in [-0.15, -0.1) is 6.58 Å². The van der Waals surface area contributed by atoms with E-state index in [2.05, 4.69) is 43.3 Å². The number of ketones is 1. The molecule has 1 fully saturated rings. The summed E-state index contributed by atoms with van der Waals surface area (Å²) in [6, 6.07) is -4.99. The van der Waals surface area contributed by atoms with E-state index in [4.69, 9.17) is 5.73 Å². The van der Waals surface area contributed by atoms with Crippen molar-refractivity contribution in [2.45, 2.75) is 119 Å². The molecule has 1 aliphatic heterocycles. The molecule has 49 heavy (non-hydrogen) atoms. The molecule has 1 aliphatic rings. The molecule has 6 amide bonds. The van der Waals surface area contributed by atoms with Crippen LogP contribution in [0.1, 0.15) is 94.9 Å². The molecule has 0 radical (unpaired) electrons. The van der Waals surface area contributed by atoms with Crippen LogP contribution in [0.2, 0.25) is 0 Å². The number of urea groups is 1. The first-order chi connectivity index (χ1) is 22.5. The summed E-state index contributed by atoms with van der Waals surface area (Å²) in [5.41, 5.74) is 4.14. The zero-order valence-corrected chi connectivity index (χ0v) is 31.3. The van der Waals surface area contributed by atoms with Gasteiger partial charge in [-0.3, -0.25) is 24.0 Å². The van der Waals surface area contributed by atoms with E-state index in [1.165, 1.54) is 22.9 Å². The number of amides is 6. The van der Waals surface area contributed by atoms with Gasteiger partial charge in [0.15, 0.2) is 0 Å². The van der Waals surface area contributed by atoms with Crippen LogP contribution in [0.3, 0.4) is 0 Å². The zero-order chi connectivity index (χ0) is 38.9. The van der Waals surface area contributed by atoms with Crippen molar-refractivity contribution in [2.75, 3.05) is 26.7 Å². The van der Waals surface area contributed by atoms with E-state index in [0.717, 1.165) is 5.92 Å². The molecular weight excluding hydrogens is 645 g/mol. The molecule has 1 heterocycles. The number of likely N-dealkylation sites (tertiary alicyclic amines) is 1. The number of Topliss-reactive ketones (excluding diaryl/α,β-unsaturated/α-hetero) is 1. The Balaban J connectivity index is 0. The molecule has 0 bridgehead atoms. The minimum absolute atomic E-state index is 0.0595. The molecule has 284 valence electrons. The second-order valence-corrected chi connectivity index (χ2v) is 13.8. The lowest BCUT2D eigenvalue weighted by Crippen LogP contribution is -2.60. The number of carbonyl (C=O) groups is 6. The molecule has 1 rings (SSSR count). The summed E-state index contributed by atoms with van der Waals surface area (Å²) in [7, 11) is 1.53. The molecule has 3 unspecified atom stereocenters. The van der Waals surface area contributed by atoms with Gasteiger partial charge in [-0.2, -0.15) is 13.2 Å². The fourth-order valence-corrected chi connectivity index (χ4v) is 4.71. The van der Waals surface area contributed by atoms with Crippen molar-refractivity contribution in [3.63, 3.8) is 0 Å². The first-order valence-corrected chi connectivity index (χ1v) is 16.9. The van der Waals surface area contributed by atoms with E-state index >= 15 is 0 Å². The third-order valence-corrected chi connectivity index (χ3v) is 7.58. The summed E-state index contributed by atoms with van der Waals surface area (Å²) in [5, 5.41) is 7.22. The van der Waals surface area contributed by atoms with Crippen molar-refractivity contribution < 1.29 is 41.9 Å². The maximum Gasteiger partial charge on any atom is 0.389 e. The summed E-state index contributed by atoms with van der Waals surface area (Å²) in [5.74, 6) is -4.09. The molecule has 0 aliphatic carbocycles. The minimum Gasteiger partial charge on any atom is -0.363 e. The van der Waals surface area contributed by atoms with Crippen molar-refractivity contribution in [3.8, 4) is 0 Å². The average Bonchev–Trinajstić information content (AvgIpc) is 3.45. The predicted octanol–water partition coefficient (Wildman–Crippen LogP) is 4.18. The number of rotatable bonds is 14. The fourth-order valence-electron chi connectivity index (χ4n) is 4.71. The van der Waals surface area contributed by atoms with E-state index in [1.54, 1.807) is 20.8 Å². The van der Waals surface area contributed by atoms with Gasteiger partial charge in [0.25, 0.3) is 5.91 Å². The molecule has 5 atom stereocenters. The largest absolute Gasteiger partial charge is 0.389 e. The van der Waals surface area contributed by atoms with Crippen LogP contribution in [-0.4, -0.2) is 96.2 Å². The quantitative estimate of drug-likeness (QED) is 0.156. The normalized spacial score (nSPS) is 17.6. The predicted molar refractivity (Wildman–Crippen MR) is 184 cm³/mol. The number of hydrogen-bond acceptors (Lipinski definition) is 6. The molecule has 0 spiro atoms. The Hall–Kier alpha value is -3.65. The SMILES string of the molecule is C=CCN(C)C(=O)CNC(=O)NC(C(=O)N1C[C@H](C(C)CC)C[C@H]1C(=O)NC(CCC(F)(F)F)C(=O)C(N)=O)C(C)(C)C.CC.CC(C)C. The smallest absolute Gasteiger partial charge is 0.363 e. The van der Waals surface area contributed by atoms with Crippen molar-refractivity contribution in [3.05, 3.63) is 12.7 Å². The maximum absolute atomic E-state index is 13.9. The number of halogens is 3. The van der Waals surface area contributed by atoms with E-state index in [9.17, 15) is 41.9 Å². The van der Waals surface area contributed by atoms with Gasteiger partial charge in [-0.25, -0.2) is 4.79 Å². The number of hydrogen-bond donors (Lipinski definition) is 4. The van der Waals surface area contributed by atoms with E-state index in [0.29, 0.717) is 6.42 Å². The topological polar surface area (TPSA) is 171 Å². The maximum atomic E-state index is 13.9. The molecule has 0 aromatic rings. The van der Waals surface area contributed by atoms with Gasteiger partial charge >= 0.3 is 12.2 Å². The first-order valence-electron chi connectivity index (χ1n) is 16.9. The lowest BCUT2D eigenvalue weighted by Gasteiger charge is -2.35. The highest BCUT2D eigenvalue weighted by atomic mass is 19.4. The first kappa shape index (κ1) is 47.5. The number of primary amides is 1. The third kappa shape index (κ3) is 18.1. The molecule has 15 heteroatoms. The number of alkyl halides is 3. The monoisotopic (exact) mass is 706 g/mol. The molecule has 5 N–H and O–H groups in total. The summed E-state index contributed by atoms with van der Waals surface area (Å²) < 4.78 is 38.7. The number of nitrogens with two attached hydrogens (primary N) is 1. The average molecular weight is 707 g/mol. The highest BCUT2D eigenvalue weighted by Crippen LogP contribution is 2.33. The van der Waals surface area contributed by atoms with Crippen molar-refractivity contribution >= 4 is 35.4 Å². The van der Waals surface area contributed by atoms with Crippen LogP contribution < -0.4 is 21.7 Å². The van der Waals surface area contributed by atoms with Crippen LogP contribution in [0, 0.1) is 23.2 Å². The highest BCUT2D eigenvalue weighted by molar-refractivity contribution is 6.37. The molecule has 12 nitrogen and oxygen atoms in total. The molecular formula is C34H61F3N6O6. The summed E-state index contributed by atoms with van der Waals surface area (Å²) >= 11 is 0. The highest BCUT2D eigenvalue weighted by Gasteiger charge is 2.46. The van der Waals surface area contributed by atoms with Crippen molar-refractivity contribution in [2.24, 2.45) is 28.9 Å². The van der Waals surface area contributed by atoms with Gasteiger partial charge in [0.05, 0.1) is 12.6 Å². The van der Waals surface area contributed by atoms with Gasteiger partial charge in [0, 0.05) is 26.6 Å². The van der Waals surface area contributed by atoms with Gasteiger partial charge in [-0.05, 0) is 36.0 Å². The van der Waals surface area contributed by atoms with Crippen molar-refractivity contribution in [1.29, 1.82) is 0 Å². The Morgan fingerprint density at radius 1 is 1.02 bits per heavy atom. The van der Waals surface area contributed by atoms with Crippen LogP contribution in [-0.2, 0) is 24.0 Å². The molecule has 0 saturated carbocycles. The van der Waals surface area contributed by atoms with Crippen LogP contribution >= 0.6 is 0 Å². The Morgan fingerprint density at radius 3 is 1.98 bits per heavy atom. The van der Waals surface area contributed by atoms with E-state index in [-0.39, 0.29) is 37.9 Å². The summed E-state index contributed by atoms with van der Waals surface area (Å²) in [6.07, 6.45) is -4.63. The Kier molecular flexibility index (Phi) is 21.5. The standard InChI is InChI=1S/C28H45F3N6O6.C4H10.C2H6/c1-8-12-36(7)20(38)14-33-26(43)35-22(27(4,5)6)25(42)37-15-17(16(3)9-2)13-19(37)24(41)34-18(21(39)23(32)40)10-11-28(29,30)31;1-4(2)3;1-2/h8,16-19,22H,1,9-15H2,2-7H3,(H2,32,40)(H,34,41)(H2,33,35,43);4H,1-3H3;1-2H3/t16?,17-,18?,19+,22?;;/m1../s1. The van der Waals surface area contributed by atoms with Crippen molar-refractivity contribution in [1.82, 2.24) is 25.8 Å². The molecule has 0 aromatic heterocycles. The number of likely N-dealkylation sites (N-methyl/N-ethyl adjacent to an activating group) is 1. The number of nitrogens with zero attached hydrogens (tertiary/aromatic N) is 2. The van der Waals surface area contributed by atoms with Crippen LogP contribution in [0.5, 0.6) is 0 Å². The van der Waals surface area contributed by atoms with Gasteiger partial charge < -0.3 is 31.5 Å². The lowest BCUT2D eigenvalue weighted by atomic mass is 9.85. The lowest BCUT2D eigenvalue weighted by molar-refractivity contribution is -0.146. The Morgan fingerprint density at radius 2 is 1.55 bits per heavy atom. The molecule has 0 aromatic carbocycles. The van der Waals surface area contributed by atoms with Gasteiger partial charge in [0.2, 0.25) is 23.5 Å². The van der Waals surface area contributed by atoms with Gasteiger partial charge in [0.1, 0.15) is 12.1 Å². The molecule has 1 saturated heterocycles. The number of carbonyl (C=O) groups excluding carboxylic acids is 6. The second-order valence-electron chi connectivity index (χ2n) is 13.8. The van der Waals surface area contributed by atoms with E-state index < -0.39 is 78.0 Å². The van der Waals surface area contributed by atoms with Crippen LogP contribution in [0.15, 0.2) is 12.7 Å². The fraction of sp³-hybridized carbons (Fsp3) is 0.765. The van der Waals surface area contributed by atoms with E-state index in [1.807, 2.05) is 27.7 Å². The van der Waals surface area contributed by atoms with Gasteiger partial charge in [-0.1, -0.05) is 81.7 Å². The third-order valence-electron chi connectivity index (χ3n) is 7.58. The van der Waals surface area contributed by atoms with Crippen LogP contribution in [0.25, 0.3) is 0 Å². The zero-order valence-electron chi connectivity index (χ0n) is 31.3. The number of nitrogens with one attached hydrogen (secondary N) is 3. The minimum atomic E-state index is -4.66. The Labute approximate surface area is 290 Å². The summed E-state index contributed by atoms with van der Waals surface area (Å²) in [4.78, 5) is 78.7. The Bertz CT molecular complexity index is 1110. The second kappa shape index (κ2) is 22.1. The van der Waals surface area contributed by atoms with Crippen LogP contribution in [0.4, 0.5) is 18.0 Å². The summed E-state index contributed by atoms with van der Waals surface area (Å²) in [6.45, 7) is 23.0.